The molecule has 0 amide bonds. The van der Waals surface area contributed by atoms with E-state index in [2.05, 4.69) is 0 Å². The lowest BCUT2D eigenvalue weighted by Crippen LogP contribution is -2.35. The van der Waals surface area contributed by atoms with E-state index in [1.54, 1.807) is 13.2 Å². The lowest BCUT2D eigenvalue weighted by atomic mass is 10.0. The fraction of sp³-hybridized carbons (Fsp3) is 0.250. The third-order valence-corrected chi connectivity index (χ3v) is 3.61. The second-order valence-corrected chi connectivity index (χ2v) is 5.20. The first-order chi connectivity index (χ1) is 10.2. The standard InChI is InChI=1S/C16H16ClNO3/c1-19-14-5-3-2-4-12(14)13-6-10(17)7-15-16(13)21-11(8-18)9-20-15/h2-7,11H,8-9,18H2,1H3/t11-/m0/s1. The number of benzene rings is 2. The molecule has 1 atom stereocenters. The molecule has 0 fully saturated rings. The molecule has 110 valence electrons. The summed E-state index contributed by atoms with van der Waals surface area (Å²) < 4.78 is 17.1. The number of ether oxygens (including phenoxy) is 3. The molecule has 0 bridgehead atoms. The minimum atomic E-state index is -0.160. The zero-order valence-electron chi connectivity index (χ0n) is 11.6. The van der Waals surface area contributed by atoms with E-state index < -0.39 is 0 Å². The zero-order valence-corrected chi connectivity index (χ0v) is 12.4. The highest BCUT2D eigenvalue weighted by atomic mass is 35.5. The van der Waals surface area contributed by atoms with Gasteiger partial charge in [0.25, 0.3) is 0 Å². The van der Waals surface area contributed by atoms with Gasteiger partial charge in [0.15, 0.2) is 11.5 Å². The van der Waals surface area contributed by atoms with Crippen LogP contribution in [0.2, 0.25) is 5.02 Å². The molecule has 2 aromatic carbocycles. The first-order valence-electron chi connectivity index (χ1n) is 6.69. The maximum Gasteiger partial charge on any atom is 0.169 e. The van der Waals surface area contributed by atoms with Crippen molar-refractivity contribution in [1.82, 2.24) is 0 Å². The van der Waals surface area contributed by atoms with Crippen LogP contribution in [0.4, 0.5) is 0 Å². The van der Waals surface area contributed by atoms with Crippen LogP contribution in [0.15, 0.2) is 36.4 Å². The summed E-state index contributed by atoms with van der Waals surface area (Å²) in [7, 11) is 1.63. The Morgan fingerprint density at radius 1 is 1.29 bits per heavy atom. The summed E-state index contributed by atoms with van der Waals surface area (Å²) in [4.78, 5) is 0. The van der Waals surface area contributed by atoms with Gasteiger partial charge in [-0.1, -0.05) is 29.8 Å². The molecule has 3 rings (SSSR count). The quantitative estimate of drug-likeness (QED) is 0.946. The number of rotatable bonds is 3. The van der Waals surface area contributed by atoms with Crippen molar-refractivity contribution in [2.75, 3.05) is 20.3 Å². The third kappa shape index (κ3) is 2.64. The van der Waals surface area contributed by atoms with E-state index >= 15 is 0 Å². The van der Waals surface area contributed by atoms with Crippen LogP contribution in [0, 0.1) is 0 Å². The smallest absolute Gasteiger partial charge is 0.169 e. The molecule has 21 heavy (non-hydrogen) atoms. The number of hydrogen-bond acceptors (Lipinski definition) is 4. The second-order valence-electron chi connectivity index (χ2n) is 4.77. The van der Waals surface area contributed by atoms with Gasteiger partial charge in [0, 0.05) is 28.8 Å². The fourth-order valence-corrected chi connectivity index (χ4v) is 2.57. The number of halogens is 1. The van der Waals surface area contributed by atoms with Crippen LogP contribution in [0.3, 0.4) is 0 Å². The van der Waals surface area contributed by atoms with Crippen molar-refractivity contribution in [3.63, 3.8) is 0 Å². The van der Waals surface area contributed by atoms with Crippen LogP contribution in [-0.4, -0.2) is 26.4 Å². The van der Waals surface area contributed by atoms with E-state index in [4.69, 9.17) is 31.5 Å². The summed E-state index contributed by atoms with van der Waals surface area (Å²) in [6.07, 6.45) is -0.160. The SMILES string of the molecule is COc1ccccc1-c1cc(Cl)cc2c1O[C@@H](CN)CO2. The molecule has 0 saturated heterocycles. The van der Waals surface area contributed by atoms with E-state index in [-0.39, 0.29) is 6.10 Å². The highest BCUT2D eigenvalue weighted by Crippen LogP contribution is 2.45. The molecular weight excluding hydrogens is 290 g/mol. The fourth-order valence-electron chi connectivity index (χ4n) is 2.36. The van der Waals surface area contributed by atoms with E-state index in [0.29, 0.717) is 29.7 Å². The largest absolute Gasteiger partial charge is 0.496 e. The Morgan fingerprint density at radius 2 is 2.10 bits per heavy atom. The molecule has 1 aliphatic rings. The van der Waals surface area contributed by atoms with E-state index in [1.807, 2.05) is 30.3 Å². The molecule has 1 aliphatic heterocycles. The lowest BCUT2D eigenvalue weighted by Gasteiger charge is -2.28. The number of hydrogen-bond donors (Lipinski definition) is 1. The molecule has 0 spiro atoms. The Labute approximate surface area is 128 Å². The summed E-state index contributed by atoms with van der Waals surface area (Å²) >= 11 is 6.20. The van der Waals surface area contributed by atoms with Gasteiger partial charge in [-0.15, -0.1) is 0 Å². The van der Waals surface area contributed by atoms with Gasteiger partial charge in [0.2, 0.25) is 0 Å². The average Bonchev–Trinajstić information content (AvgIpc) is 2.53. The number of para-hydroxylation sites is 1. The van der Waals surface area contributed by atoms with Crippen molar-refractivity contribution in [3.05, 3.63) is 41.4 Å². The number of fused-ring (bicyclic) bond motifs is 1. The van der Waals surface area contributed by atoms with Crippen molar-refractivity contribution in [2.24, 2.45) is 5.73 Å². The monoisotopic (exact) mass is 305 g/mol. The van der Waals surface area contributed by atoms with Crippen LogP contribution in [0.25, 0.3) is 11.1 Å². The highest BCUT2D eigenvalue weighted by Gasteiger charge is 2.25. The third-order valence-electron chi connectivity index (χ3n) is 3.39. The van der Waals surface area contributed by atoms with Gasteiger partial charge >= 0.3 is 0 Å². The summed E-state index contributed by atoms with van der Waals surface area (Å²) in [6.45, 7) is 0.822. The van der Waals surface area contributed by atoms with Gasteiger partial charge in [-0.2, -0.15) is 0 Å². The van der Waals surface area contributed by atoms with Crippen molar-refractivity contribution in [1.29, 1.82) is 0 Å². The highest BCUT2D eigenvalue weighted by molar-refractivity contribution is 6.31. The molecule has 0 unspecified atom stereocenters. The first-order valence-corrected chi connectivity index (χ1v) is 7.07. The molecule has 5 heteroatoms. The normalized spacial score (nSPS) is 16.6. The van der Waals surface area contributed by atoms with Crippen LogP contribution in [0.5, 0.6) is 17.2 Å². The van der Waals surface area contributed by atoms with Gasteiger partial charge in [-0.25, -0.2) is 0 Å². The van der Waals surface area contributed by atoms with Crippen molar-refractivity contribution in [3.8, 4) is 28.4 Å². The minimum absolute atomic E-state index is 0.160. The molecule has 0 radical (unpaired) electrons. The maximum absolute atomic E-state index is 6.20. The first kappa shape index (κ1) is 14.0. The van der Waals surface area contributed by atoms with Gasteiger partial charge in [-0.05, 0) is 12.1 Å². The maximum atomic E-state index is 6.20. The van der Waals surface area contributed by atoms with E-state index in [1.165, 1.54) is 0 Å². The molecule has 0 saturated carbocycles. The molecule has 4 nitrogen and oxygen atoms in total. The molecule has 2 N–H and O–H groups in total. The summed E-state index contributed by atoms with van der Waals surface area (Å²) in [5, 5.41) is 0.587. The zero-order chi connectivity index (χ0) is 14.8. The predicted octanol–water partition coefficient (Wildman–Crippen LogP) is 3.11. The van der Waals surface area contributed by atoms with Gasteiger partial charge in [0.1, 0.15) is 18.5 Å². The van der Waals surface area contributed by atoms with Gasteiger partial charge in [0.05, 0.1) is 7.11 Å². The van der Waals surface area contributed by atoms with Crippen LogP contribution < -0.4 is 19.9 Å². The molecule has 0 aliphatic carbocycles. The Kier molecular flexibility index (Phi) is 3.90. The summed E-state index contributed by atoms with van der Waals surface area (Å²) in [5.41, 5.74) is 7.42. The number of nitrogens with two attached hydrogens (primary N) is 1. The van der Waals surface area contributed by atoms with E-state index in [9.17, 15) is 0 Å². The molecule has 1 heterocycles. The Hall–Kier alpha value is -1.91. The van der Waals surface area contributed by atoms with E-state index in [0.717, 1.165) is 16.9 Å². The molecule has 0 aromatic heterocycles. The second kappa shape index (κ2) is 5.84. The Balaban J connectivity index is 2.16. The van der Waals surface area contributed by atoms with Crippen molar-refractivity contribution in [2.45, 2.75) is 6.10 Å². The van der Waals surface area contributed by atoms with Gasteiger partial charge < -0.3 is 19.9 Å². The summed E-state index contributed by atoms with van der Waals surface area (Å²) in [6, 6.07) is 11.3. The Morgan fingerprint density at radius 3 is 2.86 bits per heavy atom. The molecular formula is C16H16ClNO3. The lowest BCUT2D eigenvalue weighted by molar-refractivity contribution is 0.0976. The van der Waals surface area contributed by atoms with Crippen molar-refractivity contribution < 1.29 is 14.2 Å². The topological polar surface area (TPSA) is 53.7 Å². The Bertz CT molecular complexity index is 660. The minimum Gasteiger partial charge on any atom is -0.496 e. The van der Waals surface area contributed by atoms with Crippen molar-refractivity contribution >= 4 is 11.6 Å². The van der Waals surface area contributed by atoms with Crippen LogP contribution >= 0.6 is 11.6 Å². The van der Waals surface area contributed by atoms with Gasteiger partial charge in [-0.3, -0.25) is 0 Å². The van der Waals surface area contributed by atoms with Crippen LogP contribution in [-0.2, 0) is 0 Å². The molecule has 2 aromatic rings. The van der Waals surface area contributed by atoms with Crippen LogP contribution in [0.1, 0.15) is 0 Å². The number of methoxy groups -OCH3 is 1. The predicted molar refractivity (Wildman–Crippen MR) is 82.4 cm³/mol. The summed E-state index contributed by atoms with van der Waals surface area (Å²) in [5.74, 6) is 2.04. The average molecular weight is 306 g/mol.